The topological polar surface area (TPSA) is 78.9 Å². The Morgan fingerprint density at radius 3 is 1.84 bits per heavy atom. The highest BCUT2D eigenvalue weighted by molar-refractivity contribution is 6.11. The summed E-state index contributed by atoms with van der Waals surface area (Å²) in [6, 6.07) is 27.2. The van der Waals surface area contributed by atoms with Gasteiger partial charge in [-0.25, -0.2) is 0 Å². The zero-order valence-corrected chi connectivity index (χ0v) is 20.9. The van der Waals surface area contributed by atoms with Crippen LogP contribution in [0, 0.1) is 11.3 Å². The summed E-state index contributed by atoms with van der Waals surface area (Å²) in [5.74, 6) is -3.31. The second-order valence-electron chi connectivity index (χ2n) is 8.68. The van der Waals surface area contributed by atoms with Gasteiger partial charge in [-0.3, -0.25) is 14.4 Å². The van der Waals surface area contributed by atoms with Crippen molar-refractivity contribution in [2.24, 2.45) is 11.3 Å². The summed E-state index contributed by atoms with van der Waals surface area (Å²) >= 11 is 0. The maximum absolute atomic E-state index is 14.2. The van der Waals surface area contributed by atoms with E-state index in [9.17, 15) is 14.4 Å². The lowest BCUT2D eigenvalue weighted by Gasteiger charge is -2.32. The monoisotopic (exact) mass is 498 g/mol. The minimum atomic E-state index is -2.05. The fourth-order valence-electron chi connectivity index (χ4n) is 4.83. The molecule has 0 spiro atoms. The van der Waals surface area contributed by atoms with Gasteiger partial charge in [0.15, 0.2) is 5.78 Å². The quantitative estimate of drug-likeness (QED) is 0.222. The normalized spacial score (nSPS) is 20.4. The van der Waals surface area contributed by atoms with Crippen LogP contribution in [0.25, 0.3) is 6.08 Å². The zero-order chi connectivity index (χ0) is 26.3. The van der Waals surface area contributed by atoms with Gasteiger partial charge in [-0.1, -0.05) is 103 Å². The fourth-order valence-corrected chi connectivity index (χ4v) is 4.83. The van der Waals surface area contributed by atoms with E-state index in [2.05, 4.69) is 0 Å². The van der Waals surface area contributed by atoms with Crippen molar-refractivity contribution in [1.82, 2.24) is 0 Å². The molecule has 0 saturated carbocycles. The first-order valence-electron chi connectivity index (χ1n) is 12.4. The molecule has 4 rings (SSSR count). The van der Waals surface area contributed by atoms with Gasteiger partial charge in [-0.05, 0) is 25.0 Å². The number of esters is 2. The van der Waals surface area contributed by atoms with Crippen molar-refractivity contribution in [3.63, 3.8) is 0 Å². The SMILES string of the molecule is CCOC(=O)C1(C(=O)OCC)[C@H](/C=C/c2ccccc2)O[C@H](c2ccccc2)[C@H]1C(=O)c1ccccc1. The van der Waals surface area contributed by atoms with E-state index in [1.807, 2.05) is 60.7 Å². The molecule has 37 heavy (non-hydrogen) atoms. The molecule has 1 saturated heterocycles. The summed E-state index contributed by atoms with van der Waals surface area (Å²) < 4.78 is 17.4. The number of rotatable bonds is 9. The van der Waals surface area contributed by atoms with Crippen LogP contribution in [0.4, 0.5) is 0 Å². The number of benzene rings is 3. The first-order chi connectivity index (χ1) is 18.0. The van der Waals surface area contributed by atoms with Gasteiger partial charge in [0.1, 0.15) is 6.10 Å². The van der Waals surface area contributed by atoms with Gasteiger partial charge in [0.05, 0.1) is 25.2 Å². The molecule has 0 aromatic heterocycles. The predicted molar refractivity (Wildman–Crippen MR) is 139 cm³/mol. The Hall–Kier alpha value is -4.03. The van der Waals surface area contributed by atoms with Crippen LogP contribution >= 0.6 is 0 Å². The van der Waals surface area contributed by atoms with Gasteiger partial charge in [-0.2, -0.15) is 0 Å². The first-order valence-corrected chi connectivity index (χ1v) is 12.4. The molecular formula is C31H30O6. The summed E-state index contributed by atoms with van der Waals surface area (Å²) in [6.07, 6.45) is 1.41. The number of ketones is 1. The first kappa shape index (κ1) is 26.0. The highest BCUT2D eigenvalue weighted by Gasteiger charge is 2.69. The lowest BCUT2D eigenvalue weighted by atomic mass is 9.67. The van der Waals surface area contributed by atoms with E-state index in [0.29, 0.717) is 11.1 Å². The van der Waals surface area contributed by atoms with E-state index in [-0.39, 0.29) is 13.2 Å². The summed E-state index contributed by atoms with van der Waals surface area (Å²) in [6.45, 7) is 3.36. The van der Waals surface area contributed by atoms with Crippen LogP contribution in [-0.2, 0) is 23.8 Å². The van der Waals surface area contributed by atoms with Crippen molar-refractivity contribution in [3.05, 3.63) is 114 Å². The van der Waals surface area contributed by atoms with Crippen LogP contribution in [0.2, 0.25) is 0 Å². The third-order valence-corrected chi connectivity index (χ3v) is 6.49. The molecule has 1 aliphatic heterocycles. The minimum Gasteiger partial charge on any atom is -0.465 e. The molecule has 0 bridgehead atoms. The number of hydrogen-bond acceptors (Lipinski definition) is 6. The Morgan fingerprint density at radius 1 is 0.784 bits per heavy atom. The second kappa shape index (κ2) is 11.8. The molecule has 1 aliphatic rings. The van der Waals surface area contributed by atoms with E-state index in [1.54, 1.807) is 56.3 Å². The van der Waals surface area contributed by atoms with Gasteiger partial charge in [0.25, 0.3) is 0 Å². The largest absolute Gasteiger partial charge is 0.465 e. The van der Waals surface area contributed by atoms with Crippen molar-refractivity contribution < 1.29 is 28.6 Å². The molecule has 190 valence electrons. The highest BCUT2D eigenvalue weighted by atomic mass is 16.6. The molecule has 0 radical (unpaired) electrons. The van der Waals surface area contributed by atoms with Gasteiger partial charge < -0.3 is 14.2 Å². The lowest BCUT2D eigenvalue weighted by molar-refractivity contribution is -0.176. The van der Waals surface area contributed by atoms with Crippen molar-refractivity contribution in [1.29, 1.82) is 0 Å². The van der Waals surface area contributed by atoms with Crippen molar-refractivity contribution >= 4 is 23.8 Å². The smallest absolute Gasteiger partial charge is 0.327 e. The van der Waals surface area contributed by atoms with Gasteiger partial charge in [0, 0.05) is 5.56 Å². The Kier molecular flexibility index (Phi) is 8.31. The van der Waals surface area contributed by atoms with Crippen molar-refractivity contribution in [2.75, 3.05) is 13.2 Å². The lowest BCUT2D eigenvalue weighted by Crippen LogP contribution is -2.54. The summed E-state index contributed by atoms with van der Waals surface area (Å²) in [7, 11) is 0. The third-order valence-electron chi connectivity index (χ3n) is 6.49. The van der Waals surface area contributed by atoms with E-state index < -0.39 is 41.3 Å². The molecule has 1 heterocycles. The molecule has 3 atom stereocenters. The molecule has 0 aliphatic carbocycles. The Morgan fingerprint density at radius 2 is 1.30 bits per heavy atom. The van der Waals surface area contributed by atoms with Gasteiger partial charge in [0.2, 0.25) is 5.41 Å². The summed E-state index contributed by atoms with van der Waals surface area (Å²) in [5.41, 5.74) is -0.167. The number of carbonyl (C=O) groups excluding carboxylic acids is 3. The van der Waals surface area contributed by atoms with E-state index in [1.165, 1.54) is 0 Å². The molecule has 1 fully saturated rings. The maximum atomic E-state index is 14.2. The minimum absolute atomic E-state index is 0.0252. The molecule has 0 amide bonds. The van der Waals surface area contributed by atoms with Gasteiger partial charge in [-0.15, -0.1) is 0 Å². The number of Topliss-reactive ketones (excluding diaryl/α,β-unsaturated/α-hetero) is 1. The Bertz CT molecular complexity index is 1220. The van der Waals surface area contributed by atoms with Gasteiger partial charge >= 0.3 is 11.9 Å². The molecule has 0 unspecified atom stereocenters. The van der Waals surface area contributed by atoms with E-state index >= 15 is 0 Å². The average molecular weight is 499 g/mol. The summed E-state index contributed by atoms with van der Waals surface area (Å²) in [4.78, 5) is 41.8. The van der Waals surface area contributed by atoms with Crippen molar-refractivity contribution in [3.8, 4) is 0 Å². The number of carbonyl (C=O) groups is 3. The molecular weight excluding hydrogens is 468 g/mol. The van der Waals surface area contributed by atoms with Crippen molar-refractivity contribution in [2.45, 2.75) is 26.1 Å². The standard InChI is InChI=1S/C31H30O6/c1-3-35-29(33)31(30(34)36-4-2)25(21-20-22-14-8-5-9-15-22)37-28(24-18-12-7-13-19-24)26(31)27(32)23-16-10-6-11-17-23/h5-21,25-26,28H,3-4H2,1-2H3/b21-20+/t25-,26+,28+/m0/s1. The van der Waals surface area contributed by atoms with Crippen LogP contribution in [0.1, 0.15) is 41.4 Å². The van der Waals surface area contributed by atoms with Crippen LogP contribution < -0.4 is 0 Å². The summed E-state index contributed by atoms with van der Waals surface area (Å²) in [5, 5.41) is 0. The fraction of sp³-hybridized carbons (Fsp3) is 0.258. The Balaban J connectivity index is 1.95. The molecule has 6 nitrogen and oxygen atoms in total. The Labute approximate surface area is 216 Å². The van der Waals surface area contributed by atoms with E-state index in [4.69, 9.17) is 14.2 Å². The average Bonchev–Trinajstić information content (AvgIpc) is 3.29. The molecule has 3 aromatic carbocycles. The highest BCUT2D eigenvalue weighted by Crippen LogP contribution is 2.54. The molecule has 3 aromatic rings. The molecule has 6 heteroatoms. The van der Waals surface area contributed by atoms with Crippen LogP contribution in [0.5, 0.6) is 0 Å². The van der Waals surface area contributed by atoms with Crippen LogP contribution in [0.3, 0.4) is 0 Å². The van der Waals surface area contributed by atoms with E-state index in [0.717, 1.165) is 5.56 Å². The van der Waals surface area contributed by atoms with Crippen LogP contribution in [0.15, 0.2) is 97.1 Å². The number of ether oxygens (including phenoxy) is 3. The number of hydrogen-bond donors (Lipinski definition) is 0. The predicted octanol–water partition coefficient (Wildman–Crippen LogP) is 5.45. The van der Waals surface area contributed by atoms with Crippen LogP contribution in [-0.4, -0.2) is 37.0 Å². The zero-order valence-electron chi connectivity index (χ0n) is 20.9. The molecule has 0 N–H and O–H groups in total. The second-order valence-corrected chi connectivity index (χ2v) is 8.68. The maximum Gasteiger partial charge on any atom is 0.327 e. The third kappa shape index (κ3) is 5.11.